The molecule has 4 rings (SSSR count). The van der Waals surface area contributed by atoms with E-state index in [1.54, 1.807) is 4.90 Å². The van der Waals surface area contributed by atoms with Gasteiger partial charge in [0.05, 0.1) is 12.4 Å². The quantitative estimate of drug-likeness (QED) is 0.224. The van der Waals surface area contributed by atoms with Gasteiger partial charge in [-0.15, -0.1) is 24.8 Å². The van der Waals surface area contributed by atoms with Crippen molar-refractivity contribution in [2.24, 2.45) is 5.73 Å². The third-order valence-corrected chi connectivity index (χ3v) is 6.50. The predicted molar refractivity (Wildman–Crippen MR) is 160 cm³/mol. The van der Waals surface area contributed by atoms with E-state index in [2.05, 4.69) is 10.2 Å². The van der Waals surface area contributed by atoms with Gasteiger partial charge in [-0.1, -0.05) is 24.3 Å². The van der Waals surface area contributed by atoms with Gasteiger partial charge >= 0.3 is 6.03 Å². The summed E-state index contributed by atoms with van der Waals surface area (Å²) in [5.41, 5.74) is 8.09. The number of nitrogens with two attached hydrogens (primary N) is 1. The van der Waals surface area contributed by atoms with Crippen molar-refractivity contribution in [3.63, 3.8) is 0 Å². The number of fused-ring (bicyclic) bond motifs is 1. The fraction of sp³-hybridized carbons (Fsp3) is 0.321. The number of nitrogen functional groups attached to an aromatic ring is 1. The smallest absolute Gasteiger partial charge is 0.322 e. The van der Waals surface area contributed by atoms with Gasteiger partial charge in [0.15, 0.2) is 0 Å². The Morgan fingerprint density at radius 2 is 1.68 bits per heavy atom. The molecule has 0 aromatic heterocycles. The van der Waals surface area contributed by atoms with E-state index in [-0.39, 0.29) is 42.8 Å². The van der Waals surface area contributed by atoms with E-state index in [1.807, 2.05) is 74.5 Å². The number of nitrogens with zero attached hydrogens (tertiary/aromatic N) is 2. The van der Waals surface area contributed by atoms with Gasteiger partial charge in [-0.2, -0.15) is 0 Å². The van der Waals surface area contributed by atoms with Crippen LogP contribution < -0.4 is 20.7 Å². The highest BCUT2D eigenvalue weighted by molar-refractivity contribution is 5.99. The Morgan fingerprint density at radius 3 is 2.29 bits per heavy atom. The lowest BCUT2D eigenvalue weighted by Gasteiger charge is -2.33. The fourth-order valence-electron chi connectivity index (χ4n) is 4.48. The summed E-state index contributed by atoms with van der Waals surface area (Å²) in [4.78, 5) is 16.7. The number of benzene rings is 3. The van der Waals surface area contributed by atoms with Gasteiger partial charge in [-0.3, -0.25) is 15.7 Å². The number of piperidine rings is 1. The number of rotatable bonds is 7. The molecule has 1 aliphatic rings. The third kappa shape index (κ3) is 7.52. The van der Waals surface area contributed by atoms with Crippen molar-refractivity contribution in [2.75, 3.05) is 24.5 Å². The zero-order valence-corrected chi connectivity index (χ0v) is 23.3. The van der Waals surface area contributed by atoms with E-state index in [4.69, 9.17) is 21.3 Å². The summed E-state index contributed by atoms with van der Waals surface area (Å²) in [7, 11) is 0. The van der Waals surface area contributed by atoms with Gasteiger partial charge in [-0.05, 0) is 66.6 Å². The van der Waals surface area contributed by atoms with Crippen molar-refractivity contribution >= 4 is 59.0 Å². The first-order valence-electron chi connectivity index (χ1n) is 12.3. The van der Waals surface area contributed by atoms with Crippen LogP contribution in [-0.4, -0.2) is 48.3 Å². The van der Waals surface area contributed by atoms with Gasteiger partial charge in [0.1, 0.15) is 17.7 Å². The second-order valence-electron chi connectivity index (χ2n) is 9.12. The van der Waals surface area contributed by atoms with Crippen LogP contribution in [-0.2, 0) is 6.54 Å². The molecule has 1 aliphatic heterocycles. The molecule has 1 fully saturated rings. The number of carbonyl (C=O) groups excluding carboxylic acids is 1. The molecule has 10 heteroatoms. The maximum atomic E-state index is 13.0. The lowest BCUT2D eigenvalue weighted by atomic mass is 10.0. The van der Waals surface area contributed by atoms with Crippen LogP contribution >= 0.6 is 24.8 Å². The number of amides is 2. The SMILES string of the molecule is CCNC(=O)N(Cc1ccc2ccc(C(=N)N)cc2c1)c1ccc(OC2CCN(C(C)=N)CC2)cc1.Cl.Cl. The number of urea groups is 1. The Balaban J connectivity index is 0.00000253. The summed E-state index contributed by atoms with van der Waals surface area (Å²) in [6, 6.07) is 19.2. The highest BCUT2D eigenvalue weighted by atomic mass is 35.5. The molecule has 0 saturated carbocycles. The molecular weight excluding hydrogens is 523 g/mol. The number of likely N-dealkylation sites (tertiary alicyclic amines) is 1. The monoisotopic (exact) mass is 558 g/mol. The first kappa shape index (κ1) is 30.7. The second-order valence-corrected chi connectivity index (χ2v) is 9.12. The maximum Gasteiger partial charge on any atom is 0.322 e. The van der Waals surface area contributed by atoms with Crippen molar-refractivity contribution in [2.45, 2.75) is 39.3 Å². The summed E-state index contributed by atoms with van der Waals surface area (Å²) in [5, 5.41) is 20.4. The van der Waals surface area contributed by atoms with Crippen LogP contribution in [0.25, 0.3) is 10.8 Å². The minimum Gasteiger partial charge on any atom is -0.490 e. The van der Waals surface area contributed by atoms with Crippen LogP contribution in [0.4, 0.5) is 10.5 Å². The molecule has 0 spiro atoms. The van der Waals surface area contributed by atoms with Crippen molar-refractivity contribution in [3.05, 3.63) is 71.8 Å². The standard InChI is InChI=1S/C28H34N6O2.2ClH/c1-3-32-28(35)34(18-20-4-5-21-6-7-22(27(30)31)17-23(21)16-20)24-8-10-25(11-9-24)36-26-12-14-33(15-13-26)19(2)29;;/h4-11,16-17,26,29H,3,12-15,18H2,1-2H3,(H3,30,31)(H,32,35);2*1H. The van der Waals surface area contributed by atoms with Crippen molar-refractivity contribution < 1.29 is 9.53 Å². The first-order valence-corrected chi connectivity index (χ1v) is 12.3. The Morgan fingerprint density at radius 1 is 1.03 bits per heavy atom. The molecule has 1 heterocycles. The second kappa shape index (κ2) is 13.9. The summed E-state index contributed by atoms with van der Waals surface area (Å²) < 4.78 is 6.18. The van der Waals surface area contributed by atoms with Crippen LogP contribution in [0.15, 0.2) is 60.7 Å². The lowest BCUT2D eigenvalue weighted by Crippen LogP contribution is -2.40. The number of hydrogen-bond acceptors (Lipinski definition) is 4. The van der Waals surface area contributed by atoms with Gasteiger partial charge in [0.25, 0.3) is 0 Å². The Kier molecular flexibility index (Phi) is 11.2. The van der Waals surface area contributed by atoms with Crippen LogP contribution in [0.2, 0.25) is 0 Å². The van der Waals surface area contributed by atoms with Crippen LogP contribution in [0.3, 0.4) is 0 Å². The minimum atomic E-state index is -0.168. The molecule has 3 aromatic rings. The molecule has 0 unspecified atom stereocenters. The molecule has 0 atom stereocenters. The first-order chi connectivity index (χ1) is 17.3. The van der Waals surface area contributed by atoms with Crippen LogP contribution in [0.5, 0.6) is 5.75 Å². The van der Waals surface area contributed by atoms with Gasteiger partial charge in [-0.25, -0.2) is 4.79 Å². The molecule has 3 aromatic carbocycles. The predicted octanol–water partition coefficient (Wildman–Crippen LogP) is 5.54. The highest BCUT2D eigenvalue weighted by Crippen LogP contribution is 2.26. The summed E-state index contributed by atoms with van der Waals surface area (Å²) >= 11 is 0. The Hall–Kier alpha value is -3.49. The number of hydrogen-bond donors (Lipinski definition) is 4. The fourth-order valence-corrected chi connectivity index (χ4v) is 4.48. The molecule has 8 nitrogen and oxygen atoms in total. The van der Waals surface area contributed by atoms with Gasteiger partial charge in [0.2, 0.25) is 0 Å². The number of nitrogens with one attached hydrogen (secondary N) is 3. The topological polar surface area (TPSA) is 119 Å². The van der Waals surface area contributed by atoms with E-state index >= 15 is 0 Å². The average Bonchev–Trinajstić information content (AvgIpc) is 2.88. The number of ether oxygens (including phenoxy) is 1. The van der Waals surface area contributed by atoms with Crippen molar-refractivity contribution in [1.82, 2.24) is 10.2 Å². The summed E-state index contributed by atoms with van der Waals surface area (Å²) in [6.07, 6.45) is 1.90. The largest absolute Gasteiger partial charge is 0.490 e. The molecule has 0 aliphatic carbocycles. The molecule has 204 valence electrons. The van der Waals surface area contributed by atoms with E-state index in [0.717, 1.165) is 53.7 Å². The lowest BCUT2D eigenvalue weighted by molar-refractivity contribution is 0.130. The number of anilines is 1. The van der Waals surface area contributed by atoms with Crippen molar-refractivity contribution in [1.29, 1.82) is 10.8 Å². The van der Waals surface area contributed by atoms with E-state index in [0.29, 0.717) is 24.5 Å². The van der Waals surface area contributed by atoms with Crippen molar-refractivity contribution in [3.8, 4) is 5.75 Å². The normalized spacial score (nSPS) is 13.2. The Labute approximate surface area is 236 Å². The van der Waals surface area contributed by atoms with E-state index in [9.17, 15) is 4.79 Å². The molecule has 1 saturated heterocycles. The maximum absolute atomic E-state index is 13.0. The summed E-state index contributed by atoms with van der Waals surface area (Å²) in [6.45, 7) is 6.32. The number of carbonyl (C=O) groups is 1. The minimum absolute atomic E-state index is 0. The molecule has 0 radical (unpaired) electrons. The average molecular weight is 560 g/mol. The van der Waals surface area contributed by atoms with E-state index < -0.39 is 0 Å². The molecule has 5 N–H and O–H groups in total. The Bertz CT molecular complexity index is 1260. The highest BCUT2D eigenvalue weighted by Gasteiger charge is 2.21. The molecule has 0 bridgehead atoms. The zero-order valence-electron chi connectivity index (χ0n) is 21.7. The van der Waals surface area contributed by atoms with Gasteiger partial charge < -0.3 is 20.7 Å². The third-order valence-electron chi connectivity index (χ3n) is 6.50. The molecule has 38 heavy (non-hydrogen) atoms. The number of halogens is 2. The number of amidine groups is 2. The molecule has 2 amide bonds. The van der Waals surface area contributed by atoms with E-state index in [1.165, 1.54) is 0 Å². The van der Waals surface area contributed by atoms with Gasteiger partial charge in [0, 0.05) is 43.7 Å². The zero-order chi connectivity index (χ0) is 25.7. The summed E-state index contributed by atoms with van der Waals surface area (Å²) in [5.74, 6) is 1.42. The van der Waals surface area contributed by atoms with Crippen LogP contribution in [0, 0.1) is 10.8 Å². The van der Waals surface area contributed by atoms with Crippen LogP contribution in [0.1, 0.15) is 37.8 Å². The molecular formula is C28H36Cl2N6O2.